The highest BCUT2D eigenvalue weighted by atomic mass is 16.5. The highest BCUT2D eigenvalue weighted by Crippen LogP contribution is 2.30. The number of ether oxygens (including phenoxy) is 1. The fourth-order valence-corrected chi connectivity index (χ4v) is 2.69. The summed E-state index contributed by atoms with van der Waals surface area (Å²) in [4.78, 5) is 6.61. The Labute approximate surface area is 118 Å². The van der Waals surface area contributed by atoms with Gasteiger partial charge < -0.3 is 15.4 Å². The van der Waals surface area contributed by atoms with E-state index >= 15 is 0 Å². The second kappa shape index (κ2) is 5.40. The maximum absolute atomic E-state index is 5.66. The van der Waals surface area contributed by atoms with Gasteiger partial charge in [0.25, 0.3) is 0 Å². The number of nitrogen functional groups attached to an aromatic ring is 1. The van der Waals surface area contributed by atoms with Gasteiger partial charge in [-0.25, -0.2) is 4.98 Å². The van der Waals surface area contributed by atoms with Crippen LogP contribution in [0.2, 0.25) is 0 Å². The first-order chi connectivity index (χ1) is 9.76. The average molecular weight is 273 g/mol. The molecule has 1 aliphatic rings. The Bertz CT molecular complexity index is 557. The van der Waals surface area contributed by atoms with Crippen molar-refractivity contribution < 1.29 is 4.74 Å². The minimum atomic E-state index is 0.516. The van der Waals surface area contributed by atoms with E-state index in [0.717, 1.165) is 37.3 Å². The number of nitrogens with zero attached hydrogens (tertiary/aromatic N) is 3. The summed E-state index contributed by atoms with van der Waals surface area (Å²) in [6.07, 6.45) is 4.05. The molecule has 106 valence electrons. The van der Waals surface area contributed by atoms with Crippen LogP contribution in [0.15, 0.2) is 24.4 Å². The molecule has 0 aliphatic carbocycles. The summed E-state index contributed by atoms with van der Waals surface area (Å²) in [5, 5.41) is 7.03. The Morgan fingerprint density at radius 3 is 2.70 bits per heavy atom. The molecule has 0 unspecified atom stereocenters. The molecule has 0 amide bonds. The van der Waals surface area contributed by atoms with E-state index in [1.807, 2.05) is 18.3 Å². The molecule has 0 radical (unpaired) electrons. The summed E-state index contributed by atoms with van der Waals surface area (Å²) in [6, 6.07) is 5.90. The third-order valence-corrected chi connectivity index (χ3v) is 3.85. The van der Waals surface area contributed by atoms with E-state index < -0.39 is 0 Å². The van der Waals surface area contributed by atoms with Crippen LogP contribution < -0.4 is 15.4 Å². The molecule has 3 N–H and O–H groups in total. The largest absolute Gasteiger partial charge is 0.481 e. The van der Waals surface area contributed by atoms with Crippen LogP contribution in [0.3, 0.4) is 0 Å². The van der Waals surface area contributed by atoms with Gasteiger partial charge in [-0.1, -0.05) is 0 Å². The second-order valence-corrected chi connectivity index (χ2v) is 5.07. The normalized spacial score (nSPS) is 16.4. The van der Waals surface area contributed by atoms with Gasteiger partial charge in [0.1, 0.15) is 5.82 Å². The fraction of sp³-hybridized carbons (Fsp3) is 0.429. The first-order valence-corrected chi connectivity index (χ1v) is 6.82. The Morgan fingerprint density at radius 1 is 1.35 bits per heavy atom. The molecule has 0 saturated carbocycles. The number of anilines is 2. The number of hydrogen-bond acceptors (Lipinski definition) is 5. The zero-order valence-corrected chi connectivity index (χ0v) is 11.5. The maximum Gasteiger partial charge on any atom is 0.213 e. The second-order valence-electron chi connectivity index (χ2n) is 5.07. The highest BCUT2D eigenvalue weighted by molar-refractivity contribution is 5.46. The summed E-state index contributed by atoms with van der Waals surface area (Å²) in [7, 11) is 1.63. The average Bonchev–Trinajstić information content (AvgIpc) is 2.94. The zero-order valence-electron chi connectivity index (χ0n) is 11.5. The molecule has 1 saturated heterocycles. The van der Waals surface area contributed by atoms with Crippen molar-refractivity contribution in [2.45, 2.75) is 18.8 Å². The first kappa shape index (κ1) is 12.8. The fourth-order valence-electron chi connectivity index (χ4n) is 2.69. The molecule has 0 bridgehead atoms. The van der Waals surface area contributed by atoms with Gasteiger partial charge in [-0.2, -0.15) is 5.10 Å². The lowest BCUT2D eigenvalue weighted by Gasteiger charge is -2.32. The third-order valence-electron chi connectivity index (χ3n) is 3.85. The highest BCUT2D eigenvalue weighted by Gasteiger charge is 2.22. The quantitative estimate of drug-likeness (QED) is 0.891. The number of methoxy groups -OCH3 is 1. The summed E-state index contributed by atoms with van der Waals surface area (Å²) < 4.78 is 5.08. The van der Waals surface area contributed by atoms with Crippen LogP contribution in [0, 0.1) is 0 Å². The Hall–Kier alpha value is -2.24. The molecule has 0 aromatic carbocycles. The predicted octanol–water partition coefficient (Wildman–Crippen LogP) is 1.78. The number of nitrogens with one attached hydrogen (secondary N) is 1. The lowest BCUT2D eigenvalue weighted by atomic mass is 9.93. The smallest absolute Gasteiger partial charge is 0.213 e. The number of rotatable bonds is 3. The topological polar surface area (TPSA) is 80.1 Å². The Kier molecular flexibility index (Phi) is 3.45. The van der Waals surface area contributed by atoms with E-state index in [0.29, 0.717) is 17.6 Å². The van der Waals surface area contributed by atoms with Crippen molar-refractivity contribution in [2.24, 2.45) is 0 Å². The number of hydrogen-bond donors (Lipinski definition) is 2. The van der Waals surface area contributed by atoms with Crippen LogP contribution in [-0.4, -0.2) is 35.4 Å². The first-order valence-electron chi connectivity index (χ1n) is 6.82. The van der Waals surface area contributed by atoms with E-state index in [1.54, 1.807) is 7.11 Å². The van der Waals surface area contributed by atoms with Crippen LogP contribution >= 0.6 is 0 Å². The van der Waals surface area contributed by atoms with Gasteiger partial charge in [0.2, 0.25) is 5.88 Å². The van der Waals surface area contributed by atoms with E-state index in [1.165, 1.54) is 0 Å². The van der Waals surface area contributed by atoms with Crippen molar-refractivity contribution in [1.82, 2.24) is 15.2 Å². The molecule has 3 heterocycles. The van der Waals surface area contributed by atoms with E-state index in [2.05, 4.69) is 26.1 Å². The van der Waals surface area contributed by atoms with Gasteiger partial charge in [-0.05, 0) is 18.9 Å². The van der Waals surface area contributed by atoms with E-state index in [-0.39, 0.29) is 0 Å². The molecule has 3 rings (SSSR count). The maximum atomic E-state index is 5.66. The molecule has 6 heteroatoms. The number of nitrogens with two attached hydrogens (primary N) is 1. The van der Waals surface area contributed by atoms with Crippen molar-refractivity contribution in [1.29, 1.82) is 0 Å². The van der Waals surface area contributed by atoms with Gasteiger partial charge in [0.05, 0.1) is 19.0 Å². The van der Waals surface area contributed by atoms with Crippen molar-refractivity contribution in [3.05, 3.63) is 30.1 Å². The lowest BCUT2D eigenvalue weighted by molar-refractivity contribution is 0.397. The monoisotopic (exact) mass is 273 g/mol. The van der Waals surface area contributed by atoms with E-state index in [4.69, 9.17) is 10.5 Å². The van der Waals surface area contributed by atoms with Gasteiger partial charge in [0, 0.05) is 36.8 Å². The van der Waals surface area contributed by atoms with E-state index in [9.17, 15) is 0 Å². The number of aromatic amines is 1. The lowest BCUT2D eigenvalue weighted by Crippen LogP contribution is -2.33. The molecule has 1 fully saturated rings. The third kappa shape index (κ3) is 2.54. The summed E-state index contributed by atoms with van der Waals surface area (Å²) >= 11 is 0. The molecule has 2 aromatic heterocycles. The van der Waals surface area contributed by atoms with Crippen molar-refractivity contribution >= 4 is 11.5 Å². The SMILES string of the molecule is COc1ccc(N2CCC(c3cc(N)n[nH]3)CC2)cn1. The van der Waals surface area contributed by atoms with Crippen LogP contribution in [0.1, 0.15) is 24.5 Å². The number of piperidine rings is 1. The minimum absolute atomic E-state index is 0.516. The number of aromatic nitrogens is 3. The summed E-state index contributed by atoms with van der Waals surface area (Å²) in [6.45, 7) is 2.02. The van der Waals surface area contributed by atoms with Gasteiger partial charge >= 0.3 is 0 Å². The number of H-pyrrole nitrogens is 1. The molecule has 1 aliphatic heterocycles. The van der Waals surface area contributed by atoms with Crippen molar-refractivity contribution in [3.8, 4) is 5.88 Å². The van der Waals surface area contributed by atoms with Crippen molar-refractivity contribution in [3.63, 3.8) is 0 Å². The zero-order chi connectivity index (χ0) is 13.9. The molecular weight excluding hydrogens is 254 g/mol. The predicted molar refractivity (Wildman–Crippen MR) is 78.0 cm³/mol. The molecule has 2 aromatic rings. The standard InChI is InChI=1S/C14H19N5O/c1-20-14-3-2-11(9-16-14)19-6-4-10(5-7-19)12-8-13(15)18-17-12/h2-3,8-10H,4-7H2,1H3,(H3,15,17,18). The number of pyridine rings is 1. The molecule has 6 nitrogen and oxygen atoms in total. The van der Waals surface area contributed by atoms with Gasteiger partial charge in [-0.3, -0.25) is 5.10 Å². The molecule has 0 atom stereocenters. The minimum Gasteiger partial charge on any atom is -0.481 e. The van der Waals surface area contributed by atoms with Gasteiger partial charge in [0.15, 0.2) is 0 Å². The summed E-state index contributed by atoms with van der Waals surface area (Å²) in [5.74, 6) is 1.74. The molecule has 0 spiro atoms. The summed E-state index contributed by atoms with van der Waals surface area (Å²) in [5.41, 5.74) is 7.95. The van der Waals surface area contributed by atoms with Gasteiger partial charge in [-0.15, -0.1) is 0 Å². The molecular formula is C14H19N5O. The van der Waals surface area contributed by atoms with Crippen LogP contribution in [0.4, 0.5) is 11.5 Å². The Balaban J connectivity index is 1.63. The van der Waals surface area contributed by atoms with Crippen LogP contribution in [0.25, 0.3) is 0 Å². The Morgan fingerprint density at radius 2 is 2.15 bits per heavy atom. The van der Waals surface area contributed by atoms with Crippen molar-refractivity contribution in [2.75, 3.05) is 30.8 Å². The van der Waals surface area contributed by atoms with Crippen LogP contribution in [0.5, 0.6) is 5.88 Å². The molecule has 20 heavy (non-hydrogen) atoms. The van der Waals surface area contributed by atoms with Crippen LogP contribution in [-0.2, 0) is 0 Å².